The lowest BCUT2D eigenvalue weighted by Crippen LogP contribution is -2.21. The van der Waals surface area contributed by atoms with Gasteiger partial charge in [-0.3, -0.25) is 0 Å². The SMILES string of the molecule is CCC(NCCC#N)c1ccc(Cl)cc1Cl. The van der Waals surface area contributed by atoms with Gasteiger partial charge in [0.05, 0.1) is 6.07 Å². The number of nitriles is 1. The van der Waals surface area contributed by atoms with Crippen molar-refractivity contribution in [3.63, 3.8) is 0 Å². The molecule has 2 nitrogen and oxygen atoms in total. The van der Waals surface area contributed by atoms with E-state index in [2.05, 4.69) is 18.3 Å². The van der Waals surface area contributed by atoms with Gasteiger partial charge in [-0.15, -0.1) is 0 Å². The zero-order valence-electron chi connectivity index (χ0n) is 9.13. The summed E-state index contributed by atoms with van der Waals surface area (Å²) in [5.74, 6) is 0. The number of nitrogens with one attached hydrogen (secondary N) is 1. The summed E-state index contributed by atoms with van der Waals surface area (Å²) in [6.07, 6.45) is 1.43. The van der Waals surface area contributed by atoms with Crippen molar-refractivity contribution in [2.24, 2.45) is 0 Å². The van der Waals surface area contributed by atoms with Crippen LogP contribution in [0.25, 0.3) is 0 Å². The smallest absolute Gasteiger partial charge is 0.0635 e. The van der Waals surface area contributed by atoms with Gasteiger partial charge in [0.1, 0.15) is 0 Å². The summed E-state index contributed by atoms with van der Waals surface area (Å²) < 4.78 is 0. The first-order chi connectivity index (χ1) is 7.69. The van der Waals surface area contributed by atoms with Crippen LogP contribution in [0.15, 0.2) is 18.2 Å². The molecule has 1 atom stereocenters. The maximum atomic E-state index is 8.48. The predicted molar refractivity (Wildman–Crippen MR) is 67.7 cm³/mol. The van der Waals surface area contributed by atoms with E-state index in [0.29, 0.717) is 23.0 Å². The van der Waals surface area contributed by atoms with Crippen LogP contribution in [0.5, 0.6) is 0 Å². The van der Waals surface area contributed by atoms with E-state index < -0.39 is 0 Å². The first-order valence-electron chi connectivity index (χ1n) is 5.24. The third kappa shape index (κ3) is 3.68. The third-order valence-corrected chi connectivity index (χ3v) is 2.94. The van der Waals surface area contributed by atoms with Crippen LogP contribution in [0.2, 0.25) is 10.0 Å². The summed E-state index contributed by atoms with van der Waals surface area (Å²) in [5, 5.41) is 13.1. The van der Waals surface area contributed by atoms with Crippen molar-refractivity contribution in [2.75, 3.05) is 6.54 Å². The minimum absolute atomic E-state index is 0.179. The van der Waals surface area contributed by atoms with Crippen LogP contribution in [-0.4, -0.2) is 6.54 Å². The molecule has 0 aliphatic rings. The Bertz CT molecular complexity index is 385. The Hall–Kier alpha value is -0.750. The summed E-state index contributed by atoms with van der Waals surface area (Å²) in [7, 11) is 0. The minimum atomic E-state index is 0.179. The second-order valence-electron chi connectivity index (χ2n) is 3.49. The Morgan fingerprint density at radius 2 is 2.19 bits per heavy atom. The molecule has 0 radical (unpaired) electrons. The molecule has 86 valence electrons. The van der Waals surface area contributed by atoms with E-state index in [1.807, 2.05) is 12.1 Å². The normalized spacial score (nSPS) is 12.1. The highest BCUT2D eigenvalue weighted by atomic mass is 35.5. The minimum Gasteiger partial charge on any atom is -0.309 e. The quantitative estimate of drug-likeness (QED) is 0.811. The second kappa shape index (κ2) is 6.75. The summed E-state index contributed by atoms with van der Waals surface area (Å²) in [4.78, 5) is 0. The van der Waals surface area contributed by atoms with Gasteiger partial charge in [-0.2, -0.15) is 5.26 Å². The molecule has 16 heavy (non-hydrogen) atoms. The van der Waals surface area contributed by atoms with E-state index in [1.54, 1.807) is 6.07 Å². The van der Waals surface area contributed by atoms with Gasteiger partial charge in [0.25, 0.3) is 0 Å². The Morgan fingerprint density at radius 1 is 1.44 bits per heavy atom. The Morgan fingerprint density at radius 3 is 2.75 bits per heavy atom. The zero-order chi connectivity index (χ0) is 12.0. The van der Waals surface area contributed by atoms with Crippen LogP contribution < -0.4 is 5.32 Å². The molecule has 1 aromatic rings. The van der Waals surface area contributed by atoms with Crippen LogP contribution in [0.1, 0.15) is 31.4 Å². The van der Waals surface area contributed by atoms with Gasteiger partial charge in [-0.25, -0.2) is 0 Å². The number of hydrogen-bond donors (Lipinski definition) is 1. The van der Waals surface area contributed by atoms with Crippen molar-refractivity contribution in [1.82, 2.24) is 5.32 Å². The van der Waals surface area contributed by atoms with Crippen molar-refractivity contribution >= 4 is 23.2 Å². The third-order valence-electron chi connectivity index (χ3n) is 2.37. The van der Waals surface area contributed by atoms with Crippen LogP contribution in [0, 0.1) is 11.3 Å². The van der Waals surface area contributed by atoms with Crippen LogP contribution >= 0.6 is 23.2 Å². The average Bonchev–Trinajstić information content (AvgIpc) is 2.26. The maximum absolute atomic E-state index is 8.48. The molecule has 0 bridgehead atoms. The largest absolute Gasteiger partial charge is 0.309 e. The number of hydrogen-bond acceptors (Lipinski definition) is 2. The monoisotopic (exact) mass is 256 g/mol. The first-order valence-corrected chi connectivity index (χ1v) is 6.00. The molecule has 0 amide bonds. The highest BCUT2D eigenvalue weighted by Gasteiger charge is 2.12. The molecular weight excluding hydrogens is 243 g/mol. The molecule has 1 rings (SSSR count). The topological polar surface area (TPSA) is 35.8 Å². The van der Waals surface area contributed by atoms with Gasteiger partial charge in [-0.1, -0.05) is 36.2 Å². The Kier molecular flexibility index (Phi) is 5.62. The second-order valence-corrected chi connectivity index (χ2v) is 4.33. The number of benzene rings is 1. The molecule has 0 aliphatic carbocycles. The molecule has 0 aromatic heterocycles. The summed E-state index contributed by atoms with van der Waals surface area (Å²) in [5.41, 5.74) is 1.03. The van der Waals surface area contributed by atoms with Crippen LogP contribution in [0.4, 0.5) is 0 Å². The fourth-order valence-corrected chi connectivity index (χ4v) is 2.10. The lowest BCUT2D eigenvalue weighted by Gasteiger charge is -2.18. The summed E-state index contributed by atoms with van der Waals surface area (Å²) in [6, 6.07) is 7.79. The fourth-order valence-electron chi connectivity index (χ4n) is 1.56. The highest BCUT2D eigenvalue weighted by Crippen LogP contribution is 2.27. The predicted octanol–water partition coefficient (Wildman–Crippen LogP) is 3.95. The van der Waals surface area contributed by atoms with E-state index in [9.17, 15) is 0 Å². The van der Waals surface area contributed by atoms with Crippen molar-refractivity contribution < 1.29 is 0 Å². The molecule has 0 aliphatic heterocycles. The van der Waals surface area contributed by atoms with Crippen molar-refractivity contribution in [2.45, 2.75) is 25.8 Å². The summed E-state index contributed by atoms with van der Waals surface area (Å²) in [6.45, 7) is 2.75. The van der Waals surface area contributed by atoms with Crippen molar-refractivity contribution in [3.05, 3.63) is 33.8 Å². The van der Waals surface area contributed by atoms with Crippen molar-refractivity contribution in [3.8, 4) is 6.07 Å². The van der Waals surface area contributed by atoms with Gasteiger partial charge in [0.15, 0.2) is 0 Å². The number of rotatable bonds is 5. The molecule has 1 unspecified atom stereocenters. The first kappa shape index (κ1) is 13.3. The van der Waals surface area contributed by atoms with E-state index in [0.717, 1.165) is 12.0 Å². The van der Waals surface area contributed by atoms with Gasteiger partial charge >= 0.3 is 0 Å². The van der Waals surface area contributed by atoms with E-state index in [-0.39, 0.29) is 6.04 Å². The van der Waals surface area contributed by atoms with Gasteiger partial charge in [-0.05, 0) is 24.1 Å². The average molecular weight is 257 g/mol. The molecule has 1 aromatic carbocycles. The van der Waals surface area contributed by atoms with Crippen LogP contribution in [0.3, 0.4) is 0 Å². The molecule has 0 saturated carbocycles. The number of halogens is 2. The van der Waals surface area contributed by atoms with E-state index in [4.69, 9.17) is 28.5 Å². The molecule has 0 spiro atoms. The van der Waals surface area contributed by atoms with Crippen LogP contribution in [-0.2, 0) is 0 Å². The van der Waals surface area contributed by atoms with Gasteiger partial charge < -0.3 is 5.32 Å². The lowest BCUT2D eigenvalue weighted by molar-refractivity contribution is 0.527. The van der Waals surface area contributed by atoms with Gasteiger partial charge in [0.2, 0.25) is 0 Å². The van der Waals surface area contributed by atoms with Crippen molar-refractivity contribution in [1.29, 1.82) is 5.26 Å². The van der Waals surface area contributed by atoms with E-state index in [1.165, 1.54) is 0 Å². The zero-order valence-corrected chi connectivity index (χ0v) is 10.6. The molecular formula is C12H14Cl2N2. The Labute approximate surface area is 106 Å². The van der Waals surface area contributed by atoms with E-state index >= 15 is 0 Å². The highest BCUT2D eigenvalue weighted by molar-refractivity contribution is 6.35. The molecule has 4 heteroatoms. The fraction of sp³-hybridized carbons (Fsp3) is 0.417. The number of nitrogens with zero attached hydrogens (tertiary/aromatic N) is 1. The summed E-state index contributed by atoms with van der Waals surface area (Å²) >= 11 is 12.0. The van der Waals surface area contributed by atoms with Gasteiger partial charge in [0, 0.05) is 29.1 Å². The molecule has 1 N–H and O–H groups in total. The molecule has 0 fully saturated rings. The standard InChI is InChI=1S/C12H14Cl2N2/c1-2-12(16-7-3-6-15)10-5-4-9(13)8-11(10)14/h4-5,8,12,16H,2-3,7H2,1H3. The molecule has 0 heterocycles. The lowest BCUT2D eigenvalue weighted by atomic mass is 10.0. The molecule has 0 saturated heterocycles. The Balaban J connectivity index is 2.75. The maximum Gasteiger partial charge on any atom is 0.0635 e.